The van der Waals surface area contributed by atoms with Crippen LogP contribution in [-0.4, -0.2) is 122 Å². The minimum absolute atomic E-state index is 0.00787. The van der Waals surface area contributed by atoms with Crippen LogP contribution in [0.2, 0.25) is 0 Å². The number of cyclic esters (lactones) is 1. The Labute approximate surface area is 326 Å². The maximum Gasteiger partial charge on any atom is 0.329 e. The number of nitrogens with zero attached hydrogens (tertiary/aromatic N) is 1. The fourth-order valence-corrected chi connectivity index (χ4v) is 9.41. The van der Waals surface area contributed by atoms with Crippen LogP contribution in [0.5, 0.6) is 0 Å². The molecule has 4 rings (SSSR count). The molecule has 4 aliphatic rings. The molecular formula is C42H67NO12. The molecule has 0 aromatic heterocycles. The number of methoxy groups -OCH3 is 1. The van der Waals surface area contributed by atoms with Gasteiger partial charge in [0.25, 0.3) is 11.7 Å². The lowest BCUT2D eigenvalue weighted by atomic mass is 9.80. The van der Waals surface area contributed by atoms with Crippen molar-refractivity contribution in [2.75, 3.05) is 13.7 Å². The van der Waals surface area contributed by atoms with Crippen molar-refractivity contribution in [3.05, 3.63) is 24.3 Å². The lowest BCUT2D eigenvalue weighted by Gasteiger charge is -2.38. The largest absolute Gasteiger partial charge is 0.456 e. The number of aliphatic hydroxyl groups is 5. The van der Waals surface area contributed by atoms with Crippen LogP contribution in [0.15, 0.2) is 24.3 Å². The van der Waals surface area contributed by atoms with E-state index in [2.05, 4.69) is 6.58 Å². The molecule has 3 aliphatic heterocycles. The SMILES string of the molecule is C=CC[C@@H]1CC(C)C[C@H](C)C[C@H](O)[C@@H](O)C2C[C@@H](C)[C@@](O)(O2)C(=O)C(=O)N2CCCC[C@H]2C(=O)O[C@H](/C(C)=C/[C@H]2CC[C@@H](O)[C@H](OC)C2)[C@H](C)[C@@H](O)CC1=O. The monoisotopic (exact) mass is 777 g/mol. The van der Waals surface area contributed by atoms with Gasteiger partial charge in [0.05, 0.1) is 30.5 Å². The maximum atomic E-state index is 14.2. The highest BCUT2D eigenvalue weighted by molar-refractivity contribution is 6.39. The molecule has 13 heteroatoms. The summed E-state index contributed by atoms with van der Waals surface area (Å²) in [7, 11) is 1.55. The van der Waals surface area contributed by atoms with Crippen molar-refractivity contribution in [1.29, 1.82) is 0 Å². The Bertz CT molecular complexity index is 1390. The molecule has 0 aromatic carbocycles. The predicted octanol–water partition coefficient (Wildman–Crippen LogP) is 3.41. The summed E-state index contributed by atoms with van der Waals surface area (Å²) >= 11 is 0. The lowest BCUT2D eigenvalue weighted by Crippen LogP contribution is -2.57. The third-order valence-electron chi connectivity index (χ3n) is 12.7. The van der Waals surface area contributed by atoms with Gasteiger partial charge in [-0.05, 0) is 101 Å². The van der Waals surface area contributed by atoms with E-state index < -0.39 is 83.9 Å². The average Bonchev–Trinajstić information content (AvgIpc) is 3.46. The van der Waals surface area contributed by atoms with Crippen LogP contribution in [-0.2, 0) is 33.4 Å². The van der Waals surface area contributed by atoms with Gasteiger partial charge in [-0.15, -0.1) is 6.58 Å². The molecule has 13 nitrogen and oxygen atoms in total. The molecule has 0 spiro atoms. The number of allylic oxidation sites excluding steroid dienone is 2. The van der Waals surface area contributed by atoms with Crippen LogP contribution in [0.25, 0.3) is 0 Å². The molecule has 0 radical (unpaired) electrons. The average molecular weight is 778 g/mol. The highest BCUT2D eigenvalue weighted by atomic mass is 16.6. The van der Waals surface area contributed by atoms with Crippen LogP contribution in [0.3, 0.4) is 0 Å². The first-order valence-electron chi connectivity index (χ1n) is 20.4. The van der Waals surface area contributed by atoms with E-state index in [1.54, 1.807) is 27.0 Å². The van der Waals surface area contributed by atoms with Crippen LogP contribution in [0.4, 0.5) is 0 Å². The van der Waals surface area contributed by atoms with Crippen molar-refractivity contribution in [2.24, 2.45) is 35.5 Å². The number of aliphatic hydroxyl groups excluding tert-OH is 4. The van der Waals surface area contributed by atoms with Crippen molar-refractivity contribution >= 4 is 23.4 Å². The number of amides is 1. The summed E-state index contributed by atoms with van der Waals surface area (Å²) in [5.74, 6) is -7.99. The van der Waals surface area contributed by atoms with Crippen LogP contribution < -0.4 is 0 Å². The highest BCUT2D eigenvalue weighted by Crippen LogP contribution is 2.39. The van der Waals surface area contributed by atoms with Crippen molar-refractivity contribution < 1.29 is 58.9 Å². The number of ketones is 2. The summed E-state index contributed by atoms with van der Waals surface area (Å²) < 4.78 is 17.5. The van der Waals surface area contributed by atoms with E-state index in [1.807, 2.05) is 19.9 Å². The zero-order chi connectivity index (χ0) is 40.8. The van der Waals surface area contributed by atoms with Gasteiger partial charge in [-0.1, -0.05) is 39.8 Å². The van der Waals surface area contributed by atoms with Crippen LogP contribution in [0, 0.1) is 35.5 Å². The molecule has 1 aliphatic carbocycles. The zero-order valence-corrected chi connectivity index (χ0v) is 33.7. The van der Waals surface area contributed by atoms with E-state index in [1.165, 1.54) is 6.92 Å². The minimum Gasteiger partial charge on any atom is -0.456 e. The van der Waals surface area contributed by atoms with Gasteiger partial charge in [-0.3, -0.25) is 14.4 Å². The third-order valence-corrected chi connectivity index (χ3v) is 12.7. The Hall–Kier alpha value is -2.52. The van der Waals surface area contributed by atoms with E-state index in [0.717, 1.165) is 4.90 Å². The smallest absolute Gasteiger partial charge is 0.329 e. The lowest BCUT2D eigenvalue weighted by molar-refractivity contribution is -0.224. The summed E-state index contributed by atoms with van der Waals surface area (Å²) in [6, 6.07) is -1.17. The second kappa shape index (κ2) is 19.8. The molecule has 3 saturated heterocycles. The predicted molar refractivity (Wildman–Crippen MR) is 203 cm³/mol. The highest BCUT2D eigenvalue weighted by Gasteiger charge is 2.57. The number of Topliss-reactive ketones (excluding diaryl/α,β-unsaturated/α-hetero) is 2. The standard InChI is InChI=1S/C42H67NO12/c1-8-11-29-17-23(2)16-24(3)18-34(47)37(48)36-20-26(5)42(52,55-36)39(49)40(50)43-15-10-9-12-30(43)41(51)54-38(27(6)32(45)22-33(29)46)25(4)19-28-13-14-31(44)35(21-28)53-7/h8,19,23-24,26-32,34-38,44-45,47-48,52H,1,9-18,20-22H2,2-7H3/b25-19+/t23?,24-,26+,27+,28+,29+,30-,31+,32-,34-,35+,36?,37+,38+,42+/m0/s1. The molecule has 1 amide bonds. The summed E-state index contributed by atoms with van der Waals surface area (Å²) in [6.45, 7) is 12.9. The van der Waals surface area contributed by atoms with E-state index >= 15 is 0 Å². The summed E-state index contributed by atoms with van der Waals surface area (Å²) in [4.78, 5) is 56.8. The van der Waals surface area contributed by atoms with Crippen LogP contribution >= 0.6 is 0 Å². The van der Waals surface area contributed by atoms with E-state index in [9.17, 15) is 44.7 Å². The first-order valence-corrected chi connectivity index (χ1v) is 20.4. The second-order valence-corrected chi connectivity index (χ2v) is 17.3. The van der Waals surface area contributed by atoms with Gasteiger partial charge in [0.2, 0.25) is 5.79 Å². The van der Waals surface area contributed by atoms with E-state index in [0.29, 0.717) is 56.9 Å². The van der Waals surface area contributed by atoms with Gasteiger partial charge in [0.1, 0.15) is 24.0 Å². The van der Waals surface area contributed by atoms with Gasteiger partial charge in [-0.2, -0.15) is 0 Å². The molecule has 3 heterocycles. The summed E-state index contributed by atoms with van der Waals surface area (Å²) in [5, 5.41) is 55.7. The molecule has 55 heavy (non-hydrogen) atoms. The van der Waals surface area contributed by atoms with Crippen molar-refractivity contribution in [2.45, 2.75) is 166 Å². The number of ether oxygens (including phenoxy) is 3. The molecule has 2 bridgehead atoms. The Kier molecular flexibility index (Phi) is 16.2. The number of rotatable bonds is 5. The number of hydrogen-bond donors (Lipinski definition) is 5. The number of carbonyl (C=O) groups is 4. The number of esters is 1. The Morgan fingerprint density at radius 1 is 0.909 bits per heavy atom. The van der Waals surface area contributed by atoms with Crippen molar-refractivity contribution in [3.8, 4) is 0 Å². The summed E-state index contributed by atoms with van der Waals surface area (Å²) in [6.07, 6.45) is 1.27. The molecule has 0 aromatic rings. The molecule has 5 N–H and O–H groups in total. The first kappa shape index (κ1) is 45.2. The van der Waals surface area contributed by atoms with Crippen molar-refractivity contribution in [3.63, 3.8) is 0 Å². The van der Waals surface area contributed by atoms with Crippen LogP contribution in [0.1, 0.15) is 112 Å². The second-order valence-electron chi connectivity index (χ2n) is 17.3. The molecule has 1 saturated carbocycles. The van der Waals surface area contributed by atoms with Gasteiger partial charge in [-0.25, -0.2) is 4.79 Å². The molecular weight excluding hydrogens is 710 g/mol. The summed E-state index contributed by atoms with van der Waals surface area (Å²) in [5.41, 5.74) is 0.641. The van der Waals surface area contributed by atoms with E-state index in [4.69, 9.17) is 14.2 Å². The van der Waals surface area contributed by atoms with Gasteiger partial charge >= 0.3 is 5.97 Å². The number of fused-ring (bicyclic) bond motifs is 3. The number of carbonyl (C=O) groups excluding carboxylic acids is 4. The molecule has 312 valence electrons. The first-order chi connectivity index (χ1) is 25.9. The Balaban J connectivity index is 1.71. The number of piperidine rings is 1. The number of hydrogen-bond acceptors (Lipinski definition) is 12. The Morgan fingerprint density at radius 2 is 1.60 bits per heavy atom. The van der Waals surface area contributed by atoms with Gasteiger partial charge < -0.3 is 44.6 Å². The fraction of sp³-hybridized carbons (Fsp3) is 0.810. The molecule has 4 fully saturated rings. The van der Waals surface area contributed by atoms with Gasteiger partial charge in [0.15, 0.2) is 0 Å². The minimum atomic E-state index is -2.58. The Morgan fingerprint density at radius 3 is 2.27 bits per heavy atom. The molecule has 2 unspecified atom stereocenters. The van der Waals surface area contributed by atoms with E-state index in [-0.39, 0.29) is 61.9 Å². The quantitative estimate of drug-likeness (QED) is 0.155. The zero-order valence-electron chi connectivity index (χ0n) is 33.7. The normalized spacial score (nSPS) is 42.5. The third kappa shape index (κ3) is 10.9. The fourth-order valence-electron chi connectivity index (χ4n) is 9.41. The maximum absolute atomic E-state index is 14.2. The molecule has 15 atom stereocenters. The van der Waals surface area contributed by atoms with Gasteiger partial charge in [0, 0.05) is 37.8 Å². The van der Waals surface area contributed by atoms with Crippen molar-refractivity contribution in [1.82, 2.24) is 4.90 Å². The topological polar surface area (TPSA) is 200 Å².